The van der Waals surface area contributed by atoms with Crippen molar-refractivity contribution < 1.29 is 0 Å². The smallest absolute Gasteiger partial charge is 0.183 e. The average Bonchev–Trinajstić information content (AvgIpc) is 2.76. The SMILES string of the molecule is CCc1csc(NC2CCNC2)n1. The second-order valence-corrected chi connectivity index (χ2v) is 4.19. The molecule has 1 aromatic rings. The highest BCUT2D eigenvalue weighted by Gasteiger charge is 2.14. The molecule has 3 nitrogen and oxygen atoms in total. The highest BCUT2D eigenvalue weighted by atomic mass is 32.1. The summed E-state index contributed by atoms with van der Waals surface area (Å²) in [6.07, 6.45) is 2.24. The van der Waals surface area contributed by atoms with Crippen LogP contribution in [0.3, 0.4) is 0 Å². The van der Waals surface area contributed by atoms with Crippen molar-refractivity contribution in [3.05, 3.63) is 11.1 Å². The van der Waals surface area contributed by atoms with Crippen molar-refractivity contribution in [3.8, 4) is 0 Å². The second-order valence-electron chi connectivity index (χ2n) is 3.33. The number of aryl methyl sites for hydroxylation is 1. The van der Waals surface area contributed by atoms with E-state index in [4.69, 9.17) is 0 Å². The minimum absolute atomic E-state index is 0.579. The summed E-state index contributed by atoms with van der Waals surface area (Å²) in [5.74, 6) is 0. The third kappa shape index (κ3) is 2.19. The number of hydrogen-bond acceptors (Lipinski definition) is 4. The molecule has 0 radical (unpaired) electrons. The number of nitrogens with one attached hydrogen (secondary N) is 2. The zero-order valence-electron chi connectivity index (χ0n) is 7.84. The molecule has 1 fully saturated rings. The van der Waals surface area contributed by atoms with E-state index in [-0.39, 0.29) is 0 Å². The number of rotatable bonds is 3. The molecule has 1 aliphatic rings. The van der Waals surface area contributed by atoms with Crippen LogP contribution in [0.5, 0.6) is 0 Å². The molecule has 0 saturated carbocycles. The Morgan fingerprint density at radius 3 is 3.31 bits per heavy atom. The minimum Gasteiger partial charge on any atom is -0.357 e. The lowest BCUT2D eigenvalue weighted by molar-refractivity contribution is 0.791. The van der Waals surface area contributed by atoms with Crippen molar-refractivity contribution >= 4 is 16.5 Å². The third-order valence-electron chi connectivity index (χ3n) is 2.30. The number of thiazole rings is 1. The summed E-state index contributed by atoms with van der Waals surface area (Å²) in [6.45, 7) is 4.33. The molecule has 2 rings (SSSR count). The van der Waals surface area contributed by atoms with Crippen molar-refractivity contribution in [2.24, 2.45) is 0 Å². The first kappa shape index (κ1) is 8.97. The lowest BCUT2D eigenvalue weighted by atomic mass is 10.3. The van der Waals surface area contributed by atoms with E-state index in [1.165, 1.54) is 12.1 Å². The molecule has 1 saturated heterocycles. The van der Waals surface area contributed by atoms with Gasteiger partial charge >= 0.3 is 0 Å². The van der Waals surface area contributed by atoms with Gasteiger partial charge in [0.1, 0.15) is 0 Å². The first-order valence-corrected chi connectivity index (χ1v) is 5.68. The Labute approximate surface area is 82.6 Å². The quantitative estimate of drug-likeness (QED) is 0.770. The molecular weight excluding hydrogens is 182 g/mol. The molecule has 0 bridgehead atoms. The molecule has 1 atom stereocenters. The van der Waals surface area contributed by atoms with Gasteiger partial charge in [-0.2, -0.15) is 0 Å². The van der Waals surface area contributed by atoms with Crippen LogP contribution in [-0.2, 0) is 6.42 Å². The minimum atomic E-state index is 0.579. The molecule has 0 amide bonds. The summed E-state index contributed by atoms with van der Waals surface area (Å²) in [4.78, 5) is 4.47. The number of aromatic nitrogens is 1. The predicted molar refractivity (Wildman–Crippen MR) is 56.4 cm³/mol. The number of anilines is 1. The van der Waals surface area contributed by atoms with Crippen molar-refractivity contribution in [3.63, 3.8) is 0 Å². The van der Waals surface area contributed by atoms with E-state index in [0.29, 0.717) is 6.04 Å². The second kappa shape index (κ2) is 4.07. The van der Waals surface area contributed by atoms with Gasteiger partial charge in [0.25, 0.3) is 0 Å². The number of nitrogens with zero attached hydrogens (tertiary/aromatic N) is 1. The Balaban J connectivity index is 1.92. The maximum atomic E-state index is 4.47. The van der Waals surface area contributed by atoms with Crippen LogP contribution in [0.15, 0.2) is 5.38 Å². The van der Waals surface area contributed by atoms with Gasteiger partial charge in [-0.15, -0.1) is 11.3 Å². The topological polar surface area (TPSA) is 37.0 Å². The Morgan fingerprint density at radius 2 is 2.69 bits per heavy atom. The van der Waals surface area contributed by atoms with Gasteiger partial charge in [0.15, 0.2) is 5.13 Å². The molecule has 13 heavy (non-hydrogen) atoms. The van der Waals surface area contributed by atoms with Gasteiger partial charge in [-0.25, -0.2) is 4.98 Å². The molecular formula is C9H15N3S. The number of hydrogen-bond donors (Lipinski definition) is 2. The van der Waals surface area contributed by atoms with Crippen LogP contribution in [0.4, 0.5) is 5.13 Å². The molecule has 2 N–H and O–H groups in total. The molecule has 0 aliphatic carbocycles. The van der Waals surface area contributed by atoms with Crippen LogP contribution < -0.4 is 10.6 Å². The van der Waals surface area contributed by atoms with E-state index in [2.05, 4.69) is 27.9 Å². The van der Waals surface area contributed by atoms with Crippen LogP contribution in [0.1, 0.15) is 19.0 Å². The zero-order chi connectivity index (χ0) is 9.10. The van der Waals surface area contributed by atoms with E-state index < -0.39 is 0 Å². The molecule has 1 aliphatic heterocycles. The van der Waals surface area contributed by atoms with Gasteiger partial charge in [0.05, 0.1) is 5.69 Å². The fourth-order valence-electron chi connectivity index (χ4n) is 1.49. The Bertz CT molecular complexity index is 266. The van der Waals surface area contributed by atoms with E-state index in [1.807, 2.05) is 0 Å². The fraction of sp³-hybridized carbons (Fsp3) is 0.667. The first-order chi connectivity index (χ1) is 6.38. The average molecular weight is 197 g/mol. The predicted octanol–water partition coefficient (Wildman–Crippen LogP) is 1.48. The van der Waals surface area contributed by atoms with Crippen molar-refractivity contribution in [2.45, 2.75) is 25.8 Å². The normalized spacial score (nSPS) is 22.1. The van der Waals surface area contributed by atoms with Crippen LogP contribution in [0.25, 0.3) is 0 Å². The standard InChI is InChI=1S/C9H15N3S/c1-2-7-6-13-9(11-7)12-8-3-4-10-5-8/h6,8,10H,2-5H2,1H3,(H,11,12). The highest BCUT2D eigenvalue weighted by molar-refractivity contribution is 7.13. The van der Waals surface area contributed by atoms with Crippen molar-refractivity contribution in [2.75, 3.05) is 18.4 Å². The summed E-state index contributed by atoms with van der Waals surface area (Å²) >= 11 is 1.71. The van der Waals surface area contributed by atoms with E-state index in [9.17, 15) is 0 Å². The Kier molecular flexibility index (Phi) is 2.80. The van der Waals surface area contributed by atoms with Crippen LogP contribution in [-0.4, -0.2) is 24.1 Å². The summed E-state index contributed by atoms with van der Waals surface area (Å²) in [6, 6.07) is 0.579. The van der Waals surface area contributed by atoms with E-state index in [1.54, 1.807) is 11.3 Å². The van der Waals surface area contributed by atoms with Gasteiger partial charge in [-0.05, 0) is 19.4 Å². The summed E-state index contributed by atoms with van der Waals surface area (Å²) in [5.41, 5.74) is 1.19. The fourth-order valence-corrected chi connectivity index (χ4v) is 2.36. The maximum Gasteiger partial charge on any atom is 0.183 e. The molecule has 72 valence electrons. The Morgan fingerprint density at radius 1 is 1.77 bits per heavy atom. The molecule has 1 aromatic heterocycles. The molecule has 0 spiro atoms. The largest absolute Gasteiger partial charge is 0.357 e. The monoisotopic (exact) mass is 197 g/mol. The van der Waals surface area contributed by atoms with Gasteiger partial charge in [-0.1, -0.05) is 6.92 Å². The molecule has 4 heteroatoms. The van der Waals surface area contributed by atoms with E-state index in [0.717, 1.165) is 24.6 Å². The van der Waals surface area contributed by atoms with Crippen LogP contribution in [0, 0.1) is 0 Å². The van der Waals surface area contributed by atoms with E-state index >= 15 is 0 Å². The summed E-state index contributed by atoms with van der Waals surface area (Å²) in [7, 11) is 0. The van der Waals surface area contributed by atoms with Crippen LogP contribution >= 0.6 is 11.3 Å². The highest BCUT2D eigenvalue weighted by Crippen LogP contribution is 2.17. The molecule has 1 unspecified atom stereocenters. The van der Waals surface area contributed by atoms with Gasteiger partial charge in [0.2, 0.25) is 0 Å². The summed E-state index contributed by atoms with van der Waals surface area (Å²) in [5, 5.41) is 9.97. The molecule has 2 heterocycles. The summed E-state index contributed by atoms with van der Waals surface area (Å²) < 4.78 is 0. The van der Waals surface area contributed by atoms with Crippen LogP contribution in [0.2, 0.25) is 0 Å². The van der Waals surface area contributed by atoms with Gasteiger partial charge in [-0.3, -0.25) is 0 Å². The van der Waals surface area contributed by atoms with Crippen molar-refractivity contribution in [1.82, 2.24) is 10.3 Å². The first-order valence-electron chi connectivity index (χ1n) is 4.80. The maximum absolute atomic E-state index is 4.47. The zero-order valence-corrected chi connectivity index (χ0v) is 8.66. The van der Waals surface area contributed by atoms with Crippen molar-refractivity contribution in [1.29, 1.82) is 0 Å². The Hall–Kier alpha value is -0.610. The van der Waals surface area contributed by atoms with Gasteiger partial charge in [0, 0.05) is 18.0 Å². The lowest BCUT2D eigenvalue weighted by Gasteiger charge is -2.08. The third-order valence-corrected chi connectivity index (χ3v) is 3.12. The lowest BCUT2D eigenvalue weighted by Crippen LogP contribution is -2.21. The molecule has 0 aromatic carbocycles. The van der Waals surface area contributed by atoms with Gasteiger partial charge < -0.3 is 10.6 Å².